The fourth-order valence-electron chi connectivity index (χ4n) is 1.40. The molecule has 2 unspecified atom stereocenters. The Bertz CT molecular complexity index is 439. The minimum absolute atomic E-state index is 0.187. The summed E-state index contributed by atoms with van der Waals surface area (Å²) in [5, 5.41) is 30.6. The largest absolute Gasteiger partial charge is 0.390 e. The maximum absolute atomic E-state index is 10.6. The van der Waals surface area contributed by atoms with Crippen LogP contribution in [0.1, 0.15) is 30.7 Å². The first-order chi connectivity index (χ1) is 8.54. The molecule has 0 saturated heterocycles. The van der Waals surface area contributed by atoms with Gasteiger partial charge in [0.05, 0.1) is 17.4 Å². The smallest absolute Gasteiger partial charge is 0.216 e. The van der Waals surface area contributed by atoms with Gasteiger partial charge < -0.3 is 15.5 Å². The summed E-state index contributed by atoms with van der Waals surface area (Å²) >= 11 is 0. The van der Waals surface area contributed by atoms with E-state index >= 15 is 0 Å². The molecule has 1 heterocycles. The molecule has 1 aromatic rings. The summed E-state index contributed by atoms with van der Waals surface area (Å²) in [6.45, 7) is 1.66. The molecule has 18 heavy (non-hydrogen) atoms. The van der Waals surface area contributed by atoms with Crippen LogP contribution in [0.5, 0.6) is 0 Å². The average Bonchev–Trinajstić information content (AvgIpc) is 2.37. The number of carbonyl (C=O) groups excluding carboxylic acids is 1. The van der Waals surface area contributed by atoms with Gasteiger partial charge in [0.25, 0.3) is 0 Å². The van der Waals surface area contributed by atoms with Crippen LogP contribution in [0, 0.1) is 11.3 Å². The van der Waals surface area contributed by atoms with Crippen molar-refractivity contribution in [3.8, 4) is 6.07 Å². The molecular formula is C12H15N3O3. The molecule has 0 aliphatic rings. The number of nitrogens with one attached hydrogen (secondary N) is 1. The molecular weight excluding hydrogens is 234 g/mol. The van der Waals surface area contributed by atoms with Gasteiger partial charge in [-0.15, -0.1) is 0 Å². The predicted molar refractivity (Wildman–Crippen MR) is 63.2 cm³/mol. The second kappa shape index (κ2) is 6.69. The Morgan fingerprint density at radius 1 is 1.56 bits per heavy atom. The van der Waals surface area contributed by atoms with Gasteiger partial charge in [0.15, 0.2) is 0 Å². The molecule has 96 valence electrons. The standard InChI is InChI=1S/C12H15N3O3/c1-8(16)14-5-4-11(17)12(18)10-3-2-9(6-13)7-15-10/h2-3,7,11-12,17-18H,4-5H2,1H3,(H,14,16). The number of nitrogens with zero attached hydrogens (tertiary/aromatic N) is 2. The van der Waals surface area contributed by atoms with Crippen LogP contribution in [0.2, 0.25) is 0 Å². The topological polar surface area (TPSA) is 106 Å². The van der Waals surface area contributed by atoms with Crippen molar-refractivity contribution >= 4 is 5.91 Å². The minimum atomic E-state index is -1.13. The van der Waals surface area contributed by atoms with Crippen LogP contribution in [0.3, 0.4) is 0 Å². The van der Waals surface area contributed by atoms with E-state index in [1.165, 1.54) is 25.3 Å². The van der Waals surface area contributed by atoms with Crippen LogP contribution in [0.15, 0.2) is 18.3 Å². The summed E-state index contributed by atoms with van der Waals surface area (Å²) in [6.07, 6.45) is -0.592. The zero-order valence-electron chi connectivity index (χ0n) is 10.00. The SMILES string of the molecule is CC(=O)NCCC(O)C(O)c1ccc(C#N)cn1. The molecule has 1 rings (SSSR count). The lowest BCUT2D eigenvalue weighted by Gasteiger charge is -2.17. The van der Waals surface area contributed by atoms with Crippen LogP contribution in [0.4, 0.5) is 0 Å². The second-order valence-electron chi connectivity index (χ2n) is 3.87. The van der Waals surface area contributed by atoms with E-state index in [0.29, 0.717) is 11.3 Å². The predicted octanol–water partition coefficient (Wildman–Crippen LogP) is -0.126. The summed E-state index contributed by atoms with van der Waals surface area (Å²) in [7, 11) is 0. The monoisotopic (exact) mass is 249 g/mol. The van der Waals surface area contributed by atoms with E-state index in [-0.39, 0.29) is 18.9 Å². The first-order valence-electron chi connectivity index (χ1n) is 5.51. The Morgan fingerprint density at radius 3 is 2.78 bits per heavy atom. The lowest BCUT2D eigenvalue weighted by atomic mass is 10.1. The number of carbonyl (C=O) groups is 1. The maximum Gasteiger partial charge on any atom is 0.216 e. The molecule has 6 heteroatoms. The van der Waals surface area contributed by atoms with Gasteiger partial charge in [-0.25, -0.2) is 0 Å². The van der Waals surface area contributed by atoms with E-state index in [9.17, 15) is 15.0 Å². The zero-order valence-corrected chi connectivity index (χ0v) is 10.00. The van der Waals surface area contributed by atoms with E-state index in [4.69, 9.17) is 5.26 Å². The van der Waals surface area contributed by atoms with Gasteiger partial charge in [0.1, 0.15) is 12.2 Å². The lowest BCUT2D eigenvalue weighted by Crippen LogP contribution is -2.28. The third kappa shape index (κ3) is 4.13. The summed E-state index contributed by atoms with van der Waals surface area (Å²) < 4.78 is 0. The third-order valence-corrected chi connectivity index (χ3v) is 2.40. The van der Waals surface area contributed by atoms with Crippen molar-refractivity contribution in [3.63, 3.8) is 0 Å². The first-order valence-corrected chi connectivity index (χ1v) is 5.51. The minimum Gasteiger partial charge on any atom is -0.390 e. The van der Waals surface area contributed by atoms with Gasteiger partial charge >= 0.3 is 0 Å². The normalized spacial score (nSPS) is 13.4. The second-order valence-corrected chi connectivity index (χ2v) is 3.87. The number of aliphatic hydroxyl groups excluding tert-OH is 2. The van der Waals surface area contributed by atoms with Crippen LogP contribution in [-0.4, -0.2) is 33.8 Å². The number of aliphatic hydroxyl groups is 2. The molecule has 2 atom stereocenters. The lowest BCUT2D eigenvalue weighted by molar-refractivity contribution is -0.119. The van der Waals surface area contributed by atoms with Gasteiger partial charge in [-0.3, -0.25) is 9.78 Å². The van der Waals surface area contributed by atoms with E-state index in [1.807, 2.05) is 6.07 Å². The Labute approximate surface area is 105 Å². The van der Waals surface area contributed by atoms with E-state index in [2.05, 4.69) is 10.3 Å². The molecule has 6 nitrogen and oxygen atoms in total. The summed E-state index contributed by atoms with van der Waals surface area (Å²) in [4.78, 5) is 14.5. The van der Waals surface area contributed by atoms with Crippen molar-refractivity contribution in [1.29, 1.82) is 5.26 Å². The Balaban J connectivity index is 2.54. The molecule has 1 amide bonds. The number of amides is 1. The van der Waals surface area contributed by atoms with Crippen molar-refractivity contribution in [2.75, 3.05) is 6.54 Å². The van der Waals surface area contributed by atoms with Crippen LogP contribution >= 0.6 is 0 Å². The number of hydrogen-bond acceptors (Lipinski definition) is 5. The molecule has 0 aliphatic carbocycles. The van der Waals surface area contributed by atoms with Crippen LogP contribution in [0.25, 0.3) is 0 Å². The molecule has 3 N–H and O–H groups in total. The Morgan fingerprint density at radius 2 is 2.28 bits per heavy atom. The van der Waals surface area contributed by atoms with Gasteiger partial charge in [0, 0.05) is 19.7 Å². The average molecular weight is 249 g/mol. The highest BCUT2D eigenvalue weighted by molar-refractivity contribution is 5.72. The Kier molecular flexibility index (Phi) is 5.24. The van der Waals surface area contributed by atoms with E-state index in [1.54, 1.807) is 0 Å². The number of aromatic nitrogens is 1. The highest BCUT2D eigenvalue weighted by Gasteiger charge is 2.19. The number of hydrogen-bond donors (Lipinski definition) is 3. The van der Waals surface area contributed by atoms with Crippen molar-refractivity contribution in [2.24, 2.45) is 0 Å². The van der Waals surface area contributed by atoms with Crippen molar-refractivity contribution in [1.82, 2.24) is 10.3 Å². The first kappa shape index (κ1) is 14.1. The van der Waals surface area contributed by atoms with Crippen molar-refractivity contribution in [3.05, 3.63) is 29.6 Å². The molecule has 0 aromatic carbocycles. The molecule has 0 fully saturated rings. The fourth-order valence-corrected chi connectivity index (χ4v) is 1.40. The van der Waals surface area contributed by atoms with Gasteiger partial charge in [-0.05, 0) is 18.6 Å². The molecule has 0 spiro atoms. The van der Waals surface area contributed by atoms with Gasteiger partial charge in [-0.1, -0.05) is 0 Å². The van der Waals surface area contributed by atoms with E-state index in [0.717, 1.165) is 0 Å². The van der Waals surface area contributed by atoms with Crippen LogP contribution < -0.4 is 5.32 Å². The molecule has 0 bridgehead atoms. The zero-order chi connectivity index (χ0) is 13.5. The Hall–Kier alpha value is -1.97. The highest BCUT2D eigenvalue weighted by Crippen LogP contribution is 2.16. The number of pyridine rings is 1. The molecule has 0 radical (unpaired) electrons. The highest BCUT2D eigenvalue weighted by atomic mass is 16.3. The van der Waals surface area contributed by atoms with Crippen molar-refractivity contribution < 1.29 is 15.0 Å². The third-order valence-electron chi connectivity index (χ3n) is 2.40. The molecule has 1 aromatic heterocycles. The van der Waals surface area contributed by atoms with Gasteiger partial charge in [-0.2, -0.15) is 5.26 Å². The van der Waals surface area contributed by atoms with Crippen LogP contribution in [-0.2, 0) is 4.79 Å². The summed E-state index contributed by atoms with van der Waals surface area (Å²) in [5.74, 6) is -0.187. The number of rotatable bonds is 5. The quantitative estimate of drug-likeness (QED) is 0.674. The summed E-state index contributed by atoms with van der Waals surface area (Å²) in [5.41, 5.74) is 0.683. The maximum atomic E-state index is 10.6. The summed E-state index contributed by atoms with van der Waals surface area (Å²) in [6, 6.07) is 4.93. The van der Waals surface area contributed by atoms with E-state index < -0.39 is 12.2 Å². The van der Waals surface area contributed by atoms with Gasteiger partial charge in [0.2, 0.25) is 5.91 Å². The molecule has 0 saturated carbocycles. The van der Waals surface area contributed by atoms with Crippen molar-refractivity contribution in [2.45, 2.75) is 25.6 Å². The fraction of sp³-hybridized carbons (Fsp3) is 0.417. The number of nitriles is 1. The molecule has 0 aliphatic heterocycles.